The van der Waals surface area contributed by atoms with Gasteiger partial charge in [-0.2, -0.15) is 5.10 Å². The molecule has 1 aliphatic heterocycles. The molecular formula is C11H11N5. The van der Waals surface area contributed by atoms with Crippen molar-refractivity contribution >= 4 is 5.84 Å². The van der Waals surface area contributed by atoms with E-state index in [-0.39, 0.29) is 0 Å². The molecule has 3 rings (SSSR count). The van der Waals surface area contributed by atoms with Gasteiger partial charge in [0.15, 0.2) is 5.82 Å². The van der Waals surface area contributed by atoms with Gasteiger partial charge in [0.05, 0.1) is 12.1 Å². The molecule has 0 radical (unpaired) electrons. The number of aromatic nitrogens is 3. The molecule has 0 unspecified atom stereocenters. The predicted molar refractivity (Wildman–Crippen MR) is 60.8 cm³/mol. The van der Waals surface area contributed by atoms with E-state index < -0.39 is 0 Å². The molecule has 16 heavy (non-hydrogen) atoms. The van der Waals surface area contributed by atoms with Crippen molar-refractivity contribution in [1.29, 1.82) is 0 Å². The Bertz CT molecular complexity index is 515. The molecule has 0 bridgehead atoms. The van der Waals surface area contributed by atoms with Gasteiger partial charge in [-0.3, -0.25) is 4.99 Å². The molecule has 2 aromatic rings. The summed E-state index contributed by atoms with van der Waals surface area (Å²) < 4.78 is 1.75. The van der Waals surface area contributed by atoms with E-state index >= 15 is 0 Å². The van der Waals surface area contributed by atoms with E-state index in [1.165, 1.54) is 0 Å². The van der Waals surface area contributed by atoms with Crippen molar-refractivity contribution in [2.45, 2.75) is 0 Å². The topological polar surface area (TPSA) is 55.1 Å². The van der Waals surface area contributed by atoms with Crippen LogP contribution in [-0.2, 0) is 0 Å². The van der Waals surface area contributed by atoms with Crippen molar-refractivity contribution in [3.8, 4) is 5.82 Å². The van der Waals surface area contributed by atoms with Crippen LogP contribution in [0.1, 0.15) is 5.56 Å². The minimum atomic E-state index is 0.806. The summed E-state index contributed by atoms with van der Waals surface area (Å²) in [4.78, 5) is 8.75. The van der Waals surface area contributed by atoms with E-state index in [1.807, 2.05) is 24.4 Å². The van der Waals surface area contributed by atoms with Gasteiger partial charge in [-0.05, 0) is 18.2 Å². The smallest absolute Gasteiger partial charge is 0.164 e. The van der Waals surface area contributed by atoms with Crippen LogP contribution < -0.4 is 5.32 Å². The first-order chi connectivity index (χ1) is 7.95. The van der Waals surface area contributed by atoms with E-state index in [0.717, 1.165) is 30.3 Å². The summed E-state index contributed by atoms with van der Waals surface area (Å²) in [5.74, 6) is 1.71. The Morgan fingerprint density at radius 3 is 3.00 bits per heavy atom. The number of rotatable bonds is 2. The number of pyridine rings is 1. The van der Waals surface area contributed by atoms with Gasteiger partial charge in [0.1, 0.15) is 5.84 Å². The Hall–Kier alpha value is -2.17. The average Bonchev–Trinajstić information content (AvgIpc) is 3.03. The van der Waals surface area contributed by atoms with Crippen LogP contribution in [0.3, 0.4) is 0 Å². The third-order valence-electron chi connectivity index (χ3n) is 2.44. The molecule has 0 aliphatic carbocycles. The molecule has 0 aromatic carbocycles. The third kappa shape index (κ3) is 1.46. The number of hydrogen-bond donors (Lipinski definition) is 1. The largest absolute Gasteiger partial charge is 0.368 e. The van der Waals surface area contributed by atoms with Crippen LogP contribution in [0.25, 0.3) is 5.82 Å². The van der Waals surface area contributed by atoms with Crippen molar-refractivity contribution in [2.75, 3.05) is 13.1 Å². The second-order valence-corrected chi connectivity index (χ2v) is 3.48. The maximum absolute atomic E-state index is 4.40. The molecule has 0 atom stereocenters. The summed E-state index contributed by atoms with van der Waals surface area (Å²) in [7, 11) is 0. The highest BCUT2D eigenvalue weighted by molar-refractivity contribution is 6.02. The van der Waals surface area contributed by atoms with Gasteiger partial charge < -0.3 is 5.32 Å². The number of nitrogens with one attached hydrogen (secondary N) is 1. The maximum Gasteiger partial charge on any atom is 0.164 e. The molecule has 0 spiro atoms. The average molecular weight is 213 g/mol. The lowest BCUT2D eigenvalue weighted by atomic mass is 10.2. The fraction of sp³-hybridized carbons (Fsp3) is 0.182. The molecule has 0 amide bonds. The first-order valence-electron chi connectivity index (χ1n) is 5.19. The van der Waals surface area contributed by atoms with Crippen LogP contribution in [0.4, 0.5) is 0 Å². The molecule has 2 aromatic heterocycles. The van der Waals surface area contributed by atoms with E-state index in [1.54, 1.807) is 17.1 Å². The lowest BCUT2D eigenvalue weighted by Crippen LogP contribution is -2.21. The van der Waals surface area contributed by atoms with Crippen LogP contribution in [0, 0.1) is 0 Å². The normalized spacial score (nSPS) is 14.6. The van der Waals surface area contributed by atoms with Gasteiger partial charge in [-0.25, -0.2) is 9.67 Å². The molecule has 0 fully saturated rings. The van der Waals surface area contributed by atoms with Gasteiger partial charge in [-0.1, -0.05) is 0 Å². The van der Waals surface area contributed by atoms with Crippen LogP contribution in [0.5, 0.6) is 0 Å². The summed E-state index contributed by atoms with van der Waals surface area (Å²) in [6, 6.07) is 5.79. The summed E-state index contributed by atoms with van der Waals surface area (Å²) in [6.07, 6.45) is 5.37. The molecule has 3 heterocycles. The van der Waals surface area contributed by atoms with Crippen molar-refractivity contribution in [3.05, 3.63) is 42.4 Å². The third-order valence-corrected chi connectivity index (χ3v) is 2.44. The molecule has 5 nitrogen and oxygen atoms in total. The van der Waals surface area contributed by atoms with E-state index in [4.69, 9.17) is 0 Å². The van der Waals surface area contributed by atoms with Crippen LogP contribution in [0.2, 0.25) is 0 Å². The Kier molecular flexibility index (Phi) is 2.14. The van der Waals surface area contributed by atoms with Gasteiger partial charge in [0.25, 0.3) is 0 Å². The summed E-state index contributed by atoms with van der Waals surface area (Å²) >= 11 is 0. The zero-order valence-corrected chi connectivity index (χ0v) is 8.67. The fourth-order valence-corrected chi connectivity index (χ4v) is 1.74. The van der Waals surface area contributed by atoms with Crippen LogP contribution in [-0.4, -0.2) is 33.7 Å². The van der Waals surface area contributed by atoms with Crippen LogP contribution >= 0.6 is 0 Å². The highest BCUT2D eigenvalue weighted by Gasteiger charge is 2.14. The first-order valence-corrected chi connectivity index (χ1v) is 5.19. The summed E-state index contributed by atoms with van der Waals surface area (Å²) in [6.45, 7) is 1.71. The molecule has 5 heteroatoms. The first kappa shape index (κ1) is 9.08. The highest BCUT2D eigenvalue weighted by Crippen LogP contribution is 2.11. The lowest BCUT2D eigenvalue weighted by molar-refractivity contribution is 0.843. The van der Waals surface area contributed by atoms with Gasteiger partial charge in [0.2, 0.25) is 0 Å². The highest BCUT2D eigenvalue weighted by atomic mass is 15.3. The van der Waals surface area contributed by atoms with Crippen LogP contribution in [0.15, 0.2) is 41.8 Å². The Balaban J connectivity index is 2.11. The van der Waals surface area contributed by atoms with Crippen molar-refractivity contribution < 1.29 is 0 Å². The van der Waals surface area contributed by atoms with E-state index in [2.05, 4.69) is 20.4 Å². The van der Waals surface area contributed by atoms with Crippen molar-refractivity contribution in [2.24, 2.45) is 4.99 Å². The molecule has 1 N–H and O–H groups in total. The second-order valence-electron chi connectivity index (χ2n) is 3.48. The zero-order chi connectivity index (χ0) is 10.8. The van der Waals surface area contributed by atoms with Gasteiger partial charge >= 0.3 is 0 Å². The van der Waals surface area contributed by atoms with E-state index in [9.17, 15) is 0 Å². The number of hydrogen-bond acceptors (Lipinski definition) is 4. The van der Waals surface area contributed by atoms with E-state index in [0.29, 0.717) is 0 Å². The standard InChI is InChI=1S/C11H11N5/c1-3-9(10-12-6-7-13-10)11(14-4-1)16-8-2-5-15-16/h1-5,8H,6-7H2,(H,12,13). The molecule has 0 saturated heterocycles. The van der Waals surface area contributed by atoms with Crippen molar-refractivity contribution in [1.82, 2.24) is 20.1 Å². The molecule has 1 aliphatic rings. The Morgan fingerprint density at radius 1 is 1.25 bits per heavy atom. The molecular weight excluding hydrogens is 202 g/mol. The van der Waals surface area contributed by atoms with Gasteiger partial charge in [-0.15, -0.1) is 0 Å². The van der Waals surface area contributed by atoms with Crippen molar-refractivity contribution in [3.63, 3.8) is 0 Å². The maximum atomic E-state index is 4.40. The Morgan fingerprint density at radius 2 is 2.25 bits per heavy atom. The SMILES string of the molecule is c1cnc(-n2cccn2)c(C2=NCCN2)c1. The minimum Gasteiger partial charge on any atom is -0.368 e. The molecule has 0 saturated carbocycles. The summed E-state index contributed by atoms with van der Waals surface area (Å²) in [5.41, 5.74) is 0.990. The zero-order valence-electron chi connectivity index (χ0n) is 8.67. The Labute approximate surface area is 92.8 Å². The lowest BCUT2D eigenvalue weighted by Gasteiger charge is -2.08. The predicted octanol–water partition coefficient (Wildman–Crippen LogP) is 0.617. The second kappa shape index (κ2) is 3.77. The summed E-state index contributed by atoms with van der Waals surface area (Å²) in [5, 5.41) is 7.43. The molecule has 80 valence electrons. The fourth-order valence-electron chi connectivity index (χ4n) is 1.74. The monoisotopic (exact) mass is 213 g/mol. The number of amidine groups is 1. The van der Waals surface area contributed by atoms with Gasteiger partial charge in [0, 0.05) is 25.1 Å². The number of nitrogens with zero attached hydrogens (tertiary/aromatic N) is 4. The minimum absolute atomic E-state index is 0.806. The quantitative estimate of drug-likeness (QED) is 0.795. The number of aliphatic imine (C=N–C) groups is 1.